The van der Waals surface area contributed by atoms with Gasteiger partial charge in [-0.05, 0) is 28.8 Å². The minimum atomic E-state index is -1.79. The lowest BCUT2D eigenvalue weighted by atomic mass is 9.80. The Kier molecular flexibility index (Phi) is 12.8. The van der Waals surface area contributed by atoms with Crippen molar-refractivity contribution in [2.24, 2.45) is 5.73 Å². The maximum Gasteiger partial charge on any atom is 0.413 e. The van der Waals surface area contributed by atoms with Crippen molar-refractivity contribution in [1.29, 1.82) is 0 Å². The Labute approximate surface area is 259 Å². The summed E-state index contributed by atoms with van der Waals surface area (Å²) in [5.74, 6) is -2.48. The van der Waals surface area contributed by atoms with Gasteiger partial charge in [-0.25, -0.2) is 9.59 Å². The molecule has 10 nitrogen and oxygen atoms in total. The standard InChI is InChI=1S/C31H33Cl2N3O7/c32-14-16-36(17-15-33)31(29(34)40,20-26(28(38)39)35-30(41)43-25-12-5-2-6-13-25)24-11-7-10-23(18-24)19-27(37)42-21-22-8-3-1-4-9-22/h1-13,18,26H,14-17,19-21H2,(H2,34,40)(H,35,41)(H,38,39)/t26-,31?/m0/s1. The molecule has 0 heterocycles. The van der Waals surface area contributed by atoms with Gasteiger partial charge in [-0.2, -0.15) is 0 Å². The second-order valence-corrected chi connectivity index (χ2v) is 10.3. The maximum atomic E-state index is 13.4. The van der Waals surface area contributed by atoms with Crippen molar-refractivity contribution in [3.8, 4) is 5.75 Å². The van der Waals surface area contributed by atoms with Gasteiger partial charge >= 0.3 is 18.0 Å². The fourth-order valence-electron chi connectivity index (χ4n) is 4.68. The number of nitrogens with zero attached hydrogens (tertiary/aromatic N) is 1. The zero-order valence-corrected chi connectivity index (χ0v) is 24.8. The van der Waals surface area contributed by atoms with E-state index in [2.05, 4.69) is 5.32 Å². The molecule has 0 radical (unpaired) electrons. The van der Waals surface area contributed by atoms with Crippen LogP contribution in [-0.4, -0.2) is 64.8 Å². The lowest BCUT2D eigenvalue weighted by molar-refractivity contribution is -0.144. The number of para-hydroxylation sites is 1. The minimum absolute atomic E-state index is 0.0681. The predicted octanol–water partition coefficient (Wildman–Crippen LogP) is 4.06. The number of rotatable bonds is 16. The molecule has 3 rings (SSSR count). The molecule has 2 amide bonds. The van der Waals surface area contributed by atoms with E-state index in [-0.39, 0.29) is 43.6 Å². The summed E-state index contributed by atoms with van der Waals surface area (Å²) >= 11 is 12.2. The van der Waals surface area contributed by atoms with Crippen molar-refractivity contribution >= 4 is 47.1 Å². The molecule has 12 heteroatoms. The highest BCUT2D eigenvalue weighted by Crippen LogP contribution is 2.35. The predicted molar refractivity (Wildman–Crippen MR) is 162 cm³/mol. The fourth-order valence-corrected chi connectivity index (χ4v) is 5.09. The topological polar surface area (TPSA) is 148 Å². The average molecular weight is 631 g/mol. The molecule has 1 unspecified atom stereocenters. The number of esters is 1. The first-order valence-electron chi connectivity index (χ1n) is 13.4. The Balaban J connectivity index is 1.94. The monoisotopic (exact) mass is 629 g/mol. The number of carboxylic acid groups (broad SMARTS) is 1. The van der Waals surface area contributed by atoms with Crippen LogP contribution in [0.15, 0.2) is 84.9 Å². The van der Waals surface area contributed by atoms with Crippen LogP contribution in [0.1, 0.15) is 23.1 Å². The normalized spacial score (nSPS) is 13.0. The number of hydrogen-bond acceptors (Lipinski definition) is 7. The number of hydrogen-bond donors (Lipinski definition) is 3. The molecule has 0 bridgehead atoms. The van der Waals surface area contributed by atoms with E-state index >= 15 is 0 Å². The van der Waals surface area contributed by atoms with Gasteiger partial charge in [0.25, 0.3) is 0 Å². The van der Waals surface area contributed by atoms with E-state index in [1.54, 1.807) is 47.4 Å². The second kappa shape index (κ2) is 16.5. The SMILES string of the molecule is NC(=O)C(C[C@H](NC(=O)Oc1ccccc1)C(=O)O)(c1cccc(CC(=O)OCc2ccccc2)c1)N(CCCl)CCCl. The number of aliphatic carboxylic acids is 1. The third kappa shape index (κ3) is 9.44. The van der Waals surface area contributed by atoms with Crippen LogP contribution in [0.2, 0.25) is 0 Å². The van der Waals surface area contributed by atoms with Gasteiger partial charge in [0.1, 0.15) is 23.9 Å². The number of ether oxygens (including phenoxy) is 2. The summed E-state index contributed by atoms with van der Waals surface area (Å²) in [6.07, 6.45) is -1.64. The smallest absolute Gasteiger partial charge is 0.413 e. The van der Waals surface area contributed by atoms with Crippen LogP contribution in [-0.2, 0) is 37.7 Å². The van der Waals surface area contributed by atoms with E-state index in [1.807, 2.05) is 30.3 Å². The third-order valence-electron chi connectivity index (χ3n) is 6.70. The van der Waals surface area contributed by atoms with Crippen molar-refractivity contribution in [3.63, 3.8) is 0 Å². The Bertz CT molecular complexity index is 1370. The van der Waals surface area contributed by atoms with E-state index in [0.717, 1.165) is 5.56 Å². The van der Waals surface area contributed by atoms with Crippen molar-refractivity contribution in [1.82, 2.24) is 10.2 Å². The molecule has 3 aromatic rings. The molecular formula is C31H33Cl2N3O7. The zero-order chi connectivity index (χ0) is 31.2. The van der Waals surface area contributed by atoms with Gasteiger partial charge < -0.3 is 25.6 Å². The molecule has 0 aliphatic carbocycles. The second-order valence-electron chi connectivity index (χ2n) is 9.55. The van der Waals surface area contributed by atoms with Gasteiger partial charge in [-0.1, -0.05) is 72.8 Å². The largest absolute Gasteiger partial charge is 0.480 e. The van der Waals surface area contributed by atoms with Crippen LogP contribution in [0, 0.1) is 0 Å². The molecule has 228 valence electrons. The van der Waals surface area contributed by atoms with Crippen LogP contribution in [0.5, 0.6) is 5.75 Å². The number of benzene rings is 3. The minimum Gasteiger partial charge on any atom is -0.480 e. The molecule has 0 aliphatic rings. The summed E-state index contributed by atoms with van der Waals surface area (Å²) in [4.78, 5) is 52.7. The Morgan fingerprint density at radius 1 is 0.884 bits per heavy atom. The number of carbonyl (C=O) groups is 4. The van der Waals surface area contributed by atoms with E-state index in [0.29, 0.717) is 11.1 Å². The number of primary amides is 1. The quantitative estimate of drug-likeness (QED) is 0.159. The van der Waals surface area contributed by atoms with Gasteiger partial charge in [-0.15, -0.1) is 23.2 Å². The van der Waals surface area contributed by atoms with Gasteiger partial charge in [0, 0.05) is 31.3 Å². The molecule has 0 aromatic heterocycles. The van der Waals surface area contributed by atoms with E-state index < -0.39 is 41.9 Å². The molecule has 2 atom stereocenters. The van der Waals surface area contributed by atoms with Crippen LogP contribution in [0.3, 0.4) is 0 Å². The van der Waals surface area contributed by atoms with Gasteiger partial charge in [0.05, 0.1) is 6.42 Å². The molecule has 4 N–H and O–H groups in total. The third-order valence-corrected chi connectivity index (χ3v) is 7.03. The number of carbonyl (C=O) groups excluding carboxylic acids is 3. The molecule has 0 spiro atoms. The van der Waals surface area contributed by atoms with E-state index in [4.69, 9.17) is 38.4 Å². The highest BCUT2D eigenvalue weighted by atomic mass is 35.5. The fraction of sp³-hybridized carbons (Fsp3) is 0.290. The van der Waals surface area contributed by atoms with Crippen molar-refractivity contribution in [2.75, 3.05) is 24.8 Å². The Hall–Kier alpha value is -4.12. The number of carboxylic acids is 1. The van der Waals surface area contributed by atoms with Gasteiger partial charge in [-0.3, -0.25) is 14.5 Å². The summed E-state index contributed by atoms with van der Waals surface area (Å²) in [7, 11) is 0. The summed E-state index contributed by atoms with van der Waals surface area (Å²) in [5, 5.41) is 12.4. The van der Waals surface area contributed by atoms with E-state index in [1.165, 1.54) is 12.1 Å². The lowest BCUT2D eigenvalue weighted by Gasteiger charge is -2.43. The highest BCUT2D eigenvalue weighted by molar-refractivity contribution is 6.18. The summed E-state index contributed by atoms with van der Waals surface area (Å²) in [6.45, 7) is 0.317. The van der Waals surface area contributed by atoms with Crippen LogP contribution in [0.4, 0.5) is 4.79 Å². The molecule has 3 aromatic carbocycles. The number of amides is 2. The van der Waals surface area contributed by atoms with Gasteiger partial charge in [0.15, 0.2) is 0 Å². The zero-order valence-electron chi connectivity index (χ0n) is 23.3. The van der Waals surface area contributed by atoms with Crippen LogP contribution < -0.4 is 15.8 Å². The van der Waals surface area contributed by atoms with E-state index in [9.17, 15) is 24.3 Å². The Morgan fingerprint density at radius 3 is 2.07 bits per heavy atom. The van der Waals surface area contributed by atoms with Crippen LogP contribution in [0.25, 0.3) is 0 Å². The lowest BCUT2D eigenvalue weighted by Crippen LogP contribution is -2.60. The highest BCUT2D eigenvalue weighted by Gasteiger charge is 2.47. The summed E-state index contributed by atoms with van der Waals surface area (Å²) < 4.78 is 10.6. The van der Waals surface area contributed by atoms with Gasteiger partial charge in [0.2, 0.25) is 5.91 Å². The first-order valence-corrected chi connectivity index (χ1v) is 14.5. The van der Waals surface area contributed by atoms with Crippen molar-refractivity contribution < 1.29 is 33.8 Å². The number of nitrogens with two attached hydrogens (primary N) is 1. The molecule has 43 heavy (non-hydrogen) atoms. The first kappa shape index (κ1) is 33.4. The summed E-state index contributed by atoms with van der Waals surface area (Å²) in [6, 6.07) is 22.2. The molecule has 0 saturated heterocycles. The number of halogens is 2. The van der Waals surface area contributed by atoms with Crippen molar-refractivity contribution in [3.05, 3.63) is 102 Å². The molecule has 0 fully saturated rings. The molecule has 0 saturated carbocycles. The van der Waals surface area contributed by atoms with Crippen molar-refractivity contribution in [2.45, 2.75) is 31.0 Å². The maximum absolute atomic E-state index is 13.4. The first-order chi connectivity index (χ1) is 20.7. The number of alkyl halides is 2. The molecular weight excluding hydrogens is 597 g/mol. The van der Waals surface area contributed by atoms with Crippen LogP contribution >= 0.6 is 23.2 Å². The Morgan fingerprint density at radius 2 is 1.49 bits per heavy atom. The average Bonchev–Trinajstić information content (AvgIpc) is 2.99. The summed E-state index contributed by atoms with van der Waals surface area (Å²) in [5.41, 5.74) is 5.87. The molecule has 0 aliphatic heterocycles. The number of nitrogens with one attached hydrogen (secondary N) is 1.